The zero-order valence-corrected chi connectivity index (χ0v) is 12.9. The summed E-state index contributed by atoms with van der Waals surface area (Å²) < 4.78 is 3.74. The van der Waals surface area contributed by atoms with Crippen molar-refractivity contribution in [1.82, 2.24) is 0 Å². The molecule has 0 fully saturated rings. The van der Waals surface area contributed by atoms with Crippen LogP contribution in [-0.4, -0.2) is 0 Å². The van der Waals surface area contributed by atoms with Crippen molar-refractivity contribution in [2.75, 3.05) is 0 Å². The lowest BCUT2D eigenvalue weighted by Crippen LogP contribution is -1.75. The molecule has 0 saturated carbocycles. The molecule has 3 aromatic carbocycles. The Hall–Kier alpha value is -1.09. The van der Waals surface area contributed by atoms with Gasteiger partial charge < -0.3 is 0 Å². The summed E-state index contributed by atoms with van der Waals surface area (Å²) in [4.78, 5) is 0. The fraction of sp³-hybridized carbons (Fsp3) is 0. The monoisotopic (exact) mass is 346 g/mol. The molecule has 0 radical (unpaired) electrons. The van der Waals surface area contributed by atoms with Crippen molar-refractivity contribution >= 4 is 69.8 Å². The number of thiophene rings is 1. The van der Waals surface area contributed by atoms with E-state index < -0.39 is 0 Å². The van der Waals surface area contributed by atoms with Gasteiger partial charge in [-0.25, -0.2) is 0 Å². The van der Waals surface area contributed by atoms with Gasteiger partial charge in [-0.3, -0.25) is 0 Å². The summed E-state index contributed by atoms with van der Waals surface area (Å²) in [6.07, 6.45) is 0. The topological polar surface area (TPSA) is 0 Å². The van der Waals surface area contributed by atoms with E-state index in [9.17, 15) is 0 Å². The molecule has 0 saturated heterocycles. The van der Waals surface area contributed by atoms with Gasteiger partial charge in [-0.05, 0) is 51.0 Å². The van der Waals surface area contributed by atoms with Crippen molar-refractivity contribution < 1.29 is 0 Å². The van der Waals surface area contributed by atoms with Crippen LogP contribution in [0.5, 0.6) is 0 Å². The number of hydrogen-bond donors (Lipinski definition) is 0. The fourth-order valence-electron chi connectivity index (χ4n) is 2.50. The predicted molar refractivity (Wildman–Crippen MR) is 89.5 cm³/mol. The molecule has 0 N–H and O–H groups in total. The highest BCUT2D eigenvalue weighted by atomic mass is 79.9. The van der Waals surface area contributed by atoms with E-state index in [0.717, 1.165) is 5.02 Å². The lowest BCUT2D eigenvalue weighted by atomic mass is 10.1. The van der Waals surface area contributed by atoms with Crippen LogP contribution in [0, 0.1) is 0 Å². The van der Waals surface area contributed by atoms with E-state index in [2.05, 4.69) is 58.4 Å². The second kappa shape index (κ2) is 4.20. The summed E-state index contributed by atoms with van der Waals surface area (Å²) in [5.41, 5.74) is 0. The first-order chi connectivity index (χ1) is 9.24. The first-order valence-corrected chi connectivity index (χ1v) is 7.92. The summed E-state index contributed by atoms with van der Waals surface area (Å²) in [7, 11) is 0. The summed E-state index contributed by atoms with van der Waals surface area (Å²) in [5, 5.41) is 5.80. The Balaban J connectivity index is 2.30. The molecule has 4 aromatic rings. The smallest absolute Gasteiger partial charge is 0.0504 e. The predicted octanol–water partition coefficient (Wildman–Crippen LogP) is 6.62. The van der Waals surface area contributed by atoms with Gasteiger partial charge in [-0.15, -0.1) is 11.3 Å². The van der Waals surface area contributed by atoms with E-state index in [4.69, 9.17) is 11.6 Å². The molecular formula is C16H8BrClS. The van der Waals surface area contributed by atoms with Crippen LogP contribution in [0.25, 0.3) is 30.9 Å². The summed E-state index contributed by atoms with van der Waals surface area (Å²) in [6.45, 7) is 0. The molecule has 1 heterocycles. The second-order valence-electron chi connectivity index (χ2n) is 4.53. The quantitative estimate of drug-likeness (QED) is 0.335. The lowest BCUT2D eigenvalue weighted by Gasteiger charge is -2.02. The van der Waals surface area contributed by atoms with Crippen LogP contribution >= 0.6 is 38.9 Å². The van der Waals surface area contributed by atoms with Crippen molar-refractivity contribution in [3.8, 4) is 0 Å². The molecule has 0 aliphatic heterocycles. The van der Waals surface area contributed by atoms with Crippen molar-refractivity contribution in [2.45, 2.75) is 0 Å². The Morgan fingerprint density at radius 1 is 0.895 bits per heavy atom. The van der Waals surface area contributed by atoms with Crippen molar-refractivity contribution in [2.24, 2.45) is 0 Å². The van der Waals surface area contributed by atoms with Gasteiger partial charge in [-0.2, -0.15) is 0 Å². The maximum Gasteiger partial charge on any atom is 0.0504 e. The molecule has 0 nitrogen and oxygen atoms in total. The maximum absolute atomic E-state index is 6.13. The molecule has 0 amide bonds. The highest BCUT2D eigenvalue weighted by molar-refractivity contribution is 9.11. The van der Waals surface area contributed by atoms with Gasteiger partial charge in [0, 0.05) is 25.0 Å². The van der Waals surface area contributed by atoms with Gasteiger partial charge >= 0.3 is 0 Å². The number of rotatable bonds is 0. The maximum atomic E-state index is 6.13. The van der Waals surface area contributed by atoms with E-state index in [0.29, 0.717) is 0 Å². The molecule has 0 aliphatic rings. The number of hydrogen-bond acceptors (Lipinski definition) is 1. The Kier molecular flexibility index (Phi) is 2.59. The lowest BCUT2D eigenvalue weighted by molar-refractivity contribution is 1.79. The molecule has 0 bridgehead atoms. The Morgan fingerprint density at radius 2 is 1.74 bits per heavy atom. The third-order valence-corrected chi connectivity index (χ3v) is 5.91. The fourth-order valence-corrected chi connectivity index (χ4v) is 4.60. The minimum atomic E-state index is 0.788. The summed E-state index contributed by atoms with van der Waals surface area (Å²) in [6, 6.07) is 16.8. The Bertz CT molecular complexity index is 940. The van der Waals surface area contributed by atoms with Crippen LogP contribution in [0.3, 0.4) is 0 Å². The van der Waals surface area contributed by atoms with Crippen molar-refractivity contribution in [3.05, 3.63) is 58.0 Å². The van der Waals surface area contributed by atoms with Crippen molar-refractivity contribution in [3.63, 3.8) is 0 Å². The van der Waals surface area contributed by atoms with Gasteiger partial charge in [0.2, 0.25) is 0 Å². The number of fused-ring (bicyclic) bond motifs is 4. The second-order valence-corrected chi connectivity index (χ2v) is 6.81. The van der Waals surface area contributed by atoms with Crippen molar-refractivity contribution in [1.29, 1.82) is 0 Å². The van der Waals surface area contributed by atoms with Crippen LogP contribution in [0.2, 0.25) is 5.02 Å². The minimum absolute atomic E-state index is 0.788. The average Bonchev–Trinajstić information content (AvgIpc) is 2.78. The van der Waals surface area contributed by atoms with Gasteiger partial charge in [-0.1, -0.05) is 35.9 Å². The Labute approximate surface area is 127 Å². The third kappa shape index (κ3) is 1.71. The first kappa shape index (κ1) is 11.7. The summed E-state index contributed by atoms with van der Waals surface area (Å²) in [5.74, 6) is 0. The molecule has 3 heteroatoms. The summed E-state index contributed by atoms with van der Waals surface area (Å²) >= 11 is 11.7. The van der Waals surface area contributed by atoms with Gasteiger partial charge in [0.15, 0.2) is 0 Å². The van der Waals surface area contributed by atoms with Gasteiger partial charge in [0.1, 0.15) is 0 Å². The SMILES string of the molecule is Clc1ccc2sc3c(Br)c4ccccc4cc3c2c1. The largest absolute Gasteiger partial charge is 0.134 e. The van der Waals surface area contributed by atoms with E-state index in [1.807, 2.05) is 6.07 Å². The molecule has 1 aromatic heterocycles. The highest BCUT2D eigenvalue weighted by Gasteiger charge is 2.11. The van der Waals surface area contributed by atoms with E-state index in [1.54, 1.807) is 11.3 Å². The number of benzene rings is 3. The molecule has 92 valence electrons. The van der Waals surface area contributed by atoms with Crippen LogP contribution in [0.4, 0.5) is 0 Å². The molecule has 19 heavy (non-hydrogen) atoms. The van der Waals surface area contributed by atoms with E-state index in [1.165, 1.54) is 35.4 Å². The van der Waals surface area contributed by atoms with Crippen LogP contribution in [0.15, 0.2) is 53.0 Å². The molecule has 0 spiro atoms. The van der Waals surface area contributed by atoms with Gasteiger partial charge in [0.05, 0.1) is 4.70 Å². The zero-order chi connectivity index (χ0) is 13.0. The van der Waals surface area contributed by atoms with E-state index >= 15 is 0 Å². The average molecular weight is 348 g/mol. The standard InChI is InChI=1S/C16H8BrClS/c17-15-11-4-2-1-3-9(11)7-13-12-8-10(18)5-6-14(12)19-16(13)15/h1-8H. The highest BCUT2D eigenvalue weighted by Crippen LogP contribution is 2.42. The molecule has 0 aliphatic carbocycles. The number of halogens is 2. The molecule has 0 atom stereocenters. The molecule has 4 rings (SSSR count). The van der Waals surface area contributed by atoms with Crippen LogP contribution in [-0.2, 0) is 0 Å². The first-order valence-electron chi connectivity index (χ1n) is 5.93. The minimum Gasteiger partial charge on any atom is -0.134 e. The molecule has 0 unspecified atom stereocenters. The third-order valence-electron chi connectivity index (χ3n) is 3.38. The Morgan fingerprint density at radius 3 is 2.63 bits per heavy atom. The van der Waals surface area contributed by atoms with E-state index in [-0.39, 0.29) is 0 Å². The molecular weight excluding hydrogens is 340 g/mol. The van der Waals surface area contributed by atoms with Crippen LogP contribution in [0.1, 0.15) is 0 Å². The van der Waals surface area contributed by atoms with Gasteiger partial charge in [0.25, 0.3) is 0 Å². The zero-order valence-electron chi connectivity index (χ0n) is 9.78. The van der Waals surface area contributed by atoms with Crippen LogP contribution < -0.4 is 0 Å². The normalized spacial score (nSPS) is 11.7.